The summed E-state index contributed by atoms with van der Waals surface area (Å²) < 4.78 is 7.68. The monoisotopic (exact) mass is 247 g/mol. The summed E-state index contributed by atoms with van der Waals surface area (Å²) in [4.78, 5) is 0. The molecule has 13 heavy (non-hydrogen) atoms. The molecule has 0 aliphatic heterocycles. The van der Waals surface area contributed by atoms with Crippen molar-refractivity contribution in [1.29, 1.82) is 0 Å². The number of aromatic nitrogens is 2. The van der Waals surface area contributed by atoms with Crippen molar-refractivity contribution in [3.8, 4) is 0 Å². The fourth-order valence-electron chi connectivity index (χ4n) is 1.03. The Hall–Kier alpha value is -0.550. The van der Waals surface area contributed by atoms with E-state index < -0.39 is 0 Å². The van der Waals surface area contributed by atoms with Crippen molar-refractivity contribution in [2.75, 3.05) is 19.5 Å². The summed E-state index contributed by atoms with van der Waals surface area (Å²) in [5, 5.41) is 4.16. The van der Waals surface area contributed by atoms with E-state index >= 15 is 0 Å². The first-order valence-corrected chi connectivity index (χ1v) is 4.93. The van der Waals surface area contributed by atoms with Gasteiger partial charge in [0.05, 0.1) is 10.5 Å². The normalized spacial score (nSPS) is 13.2. The molecule has 0 spiro atoms. The number of nitrogens with two attached hydrogens (primary N) is 1. The minimum Gasteiger partial charge on any atom is -0.385 e. The van der Waals surface area contributed by atoms with E-state index in [0.29, 0.717) is 11.9 Å². The molecule has 0 radical (unpaired) electrons. The molecule has 0 fully saturated rings. The van der Waals surface area contributed by atoms with Crippen molar-refractivity contribution in [3.05, 3.63) is 10.7 Å². The van der Waals surface area contributed by atoms with Gasteiger partial charge in [0.1, 0.15) is 0 Å². The van der Waals surface area contributed by atoms with Gasteiger partial charge in [0.2, 0.25) is 0 Å². The van der Waals surface area contributed by atoms with Crippen LogP contribution in [0.15, 0.2) is 10.7 Å². The minimum absolute atomic E-state index is 0.313. The standard InChI is InChI=1S/C8H14BrN3O/c1-6(3-4-13-2)12-5-7(9)8(10)11-12/h5-6H,3-4H2,1-2H3,(H2,10,11). The Morgan fingerprint density at radius 1 is 1.77 bits per heavy atom. The number of nitrogen functional groups attached to an aromatic ring is 1. The SMILES string of the molecule is COCCC(C)n1cc(Br)c(N)n1. The van der Waals surface area contributed by atoms with Crippen LogP contribution >= 0.6 is 15.9 Å². The fraction of sp³-hybridized carbons (Fsp3) is 0.625. The first kappa shape index (κ1) is 10.5. The van der Waals surface area contributed by atoms with E-state index in [1.807, 2.05) is 10.9 Å². The number of hydrogen-bond acceptors (Lipinski definition) is 3. The summed E-state index contributed by atoms with van der Waals surface area (Å²) in [5.74, 6) is 0.532. The van der Waals surface area contributed by atoms with Crippen LogP contribution in [0, 0.1) is 0 Å². The van der Waals surface area contributed by atoms with Crippen LogP contribution in [-0.2, 0) is 4.74 Å². The first-order chi connectivity index (χ1) is 6.15. The summed E-state index contributed by atoms with van der Waals surface area (Å²) in [6.07, 6.45) is 2.82. The molecule has 2 N–H and O–H groups in total. The van der Waals surface area contributed by atoms with Crippen molar-refractivity contribution >= 4 is 21.7 Å². The lowest BCUT2D eigenvalue weighted by Crippen LogP contribution is -2.08. The summed E-state index contributed by atoms with van der Waals surface area (Å²) in [5.41, 5.74) is 5.60. The number of halogens is 1. The van der Waals surface area contributed by atoms with Gasteiger partial charge in [0.15, 0.2) is 5.82 Å². The number of anilines is 1. The zero-order valence-electron chi connectivity index (χ0n) is 7.83. The third-order valence-electron chi connectivity index (χ3n) is 1.90. The molecule has 0 saturated carbocycles. The van der Waals surface area contributed by atoms with Gasteiger partial charge in [-0.1, -0.05) is 0 Å². The van der Waals surface area contributed by atoms with Gasteiger partial charge < -0.3 is 10.5 Å². The number of nitrogens with zero attached hydrogens (tertiary/aromatic N) is 2. The molecule has 0 bridgehead atoms. The smallest absolute Gasteiger partial charge is 0.159 e. The molecule has 1 aromatic rings. The van der Waals surface area contributed by atoms with Gasteiger partial charge in [-0.05, 0) is 29.3 Å². The molecule has 1 unspecified atom stereocenters. The number of ether oxygens (including phenoxy) is 1. The average Bonchev–Trinajstić information content (AvgIpc) is 2.43. The number of hydrogen-bond donors (Lipinski definition) is 1. The quantitative estimate of drug-likeness (QED) is 0.884. The number of rotatable bonds is 4. The van der Waals surface area contributed by atoms with Crippen LogP contribution in [0.25, 0.3) is 0 Å². The Balaban J connectivity index is 2.60. The van der Waals surface area contributed by atoms with Gasteiger partial charge >= 0.3 is 0 Å². The summed E-state index contributed by atoms with van der Waals surface area (Å²) in [7, 11) is 1.69. The van der Waals surface area contributed by atoms with Gasteiger partial charge in [-0.3, -0.25) is 4.68 Å². The van der Waals surface area contributed by atoms with Crippen LogP contribution in [0.1, 0.15) is 19.4 Å². The minimum atomic E-state index is 0.313. The largest absolute Gasteiger partial charge is 0.385 e. The second-order valence-electron chi connectivity index (χ2n) is 2.97. The van der Waals surface area contributed by atoms with Gasteiger partial charge in [-0.15, -0.1) is 0 Å². The van der Waals surface area contributed by atoms with E-state index in [-0.39, 0.29) is 0 Å². The van der Waals surface area contributed by atoms with E-state index in [1.54, 1.807) is 7.11 Å². The van der Waals surface area contributed by atoms with E-state index in [4.69, 9.17) is 10.5 Å². The summed E-state index contributed by atoms with van der Waals surface area (Å²) in [6, 6.07) is 0.313. The topological polar surface area (TPSA) is 53.1 Å². The van der Waals surface area contributed by atoms with Crippen molar-refractivity contribution in [2.24, 2.45) is 0 Å². The Kier molecular flexibility index (Phi) is 3.74. The highest BCUT2D eigenvalue weighted by atomic mass is 79.9. The van der Waals surface area contributed by atoms with E-state index in [1.165, 1.54) is 0 Å². The molecule has 0 aliphatic carbocycles. The molecule has 4 nitrogen and oxygen atoms in total. The van der Waals surface area contributed by atoms with Crippen LogP contribution in [0.4, 0.5) is 5.82 Å². The van der Waals surface area contributed by atoms with Crippen molar-refractivity contribution in [1.82, 2.24) is 9.78 Å². The van der Waals surface area contributed by atoms with Crippen LogP contribution in [-0.4, -0.2) is 23.5 Å². The maximum absolute atomic E-state index is 5.60. The maximum atomic E-state index is 5.60. The van der Waals surface area contributed by atoms with E-state index in [0.717, 1.165) is 17.5 Å². The highest BCUT2D eigenvalue weighted by Gasteiger charge is 2.08. The molecule has 1 atom stereocenters. The average molecular weight is 248 g/mol. The van der Waals surface area contributed by atoms with Crippen LogP contribution < -0.4 is 5.73 Å². The Morgan fingerprint density at radius 3 is 2.92 bits per heavy atom. The zero-order chi connectivity index (χ0) is 9.84. The van der Waals surface area contributed by atoms with Crippen molar-refractivity contribution in [2.45, 2.75) is 19.4 Å². The van der Waals surface area contributed by atoms with E-state index in [9.17, 15) is 0 Å². The molecule has 0 amide bonds. The van der Waals surface area contributed by atoms with Crippen molar-refractivity contribution in [3.63, 3.8) is 0 Å². The van der Waals surface area contributed by atoms with Crippen LogP contribution in [0.3, 0.4) is 0 Å². The van der Waals surface area contributed by atoms with Crippen molar-refractivity contribution < 1.29 is 4.74 Å². The third kappa shape index (κ3) is 2.70. The van der Waals surface area contributed by atoms with Gasteiger partial charge in [0, 0.05) is 19.9 Å². The summed E-state index contributed by atoms with van der Waals surface area (Å²) in [6.45, 7) is 2.82. The Morgan fingerprint density at radius 2 is 2.46 bits per heavy atom. The first-order valence-electron chi connectivity index (χ1n) is 4.14. The predicted molar refractivity (Wildman–Crippen MR) is 55.5 cm³/mol. The Labute approximate surface area is 86.2 Å². The van der Waals surface area contributed by atoms with E-state index in [2.05, 4.69) is 28.0 Å². The highest BCUT2D eigenvalue weighted by Crippen LogP contribution is 2.20. The van der Waals surface area contributed by atoms with Gasteiger partial charge in [-0.2, -0.15) is 5.10 Å². The third-order valence-corrected chi connectivity index (χ3v) is 2.52. The van der Waals surface area contributed by atoms with Gasteiger partial charge in [0.25, 0.3) is 0 Å². The second kappa shape index (κ2) is 4.62. The van der Waals surface area contributed by atoms with Crippen LogP contribution in [0.2, 0.25) is 0 Å². The predicted octanol–water partition coefficient (Wildman–Crippen LogP) is 1.83. The lowest BCUT2D eigenvalue weighted by Gasteiger charge is -2.10. The molecule has 1 rings (SSSR count). The molecule has 0 saturated heterocycles. The van der Waals surface area contributed by atoms with Crippen LogP contribution in [0.5, 0.6) is 0 Å². The molecule has 5 heteroatoms. The molecule has 0 aliphatic rings. The fourth-order valence-corrected chi connectivity index (χ4v) is 1.32. The summed E-state index contributed by atoms with van der Waals surface area (Å²) >= 11 is 3.31. The molecule has 74 valence electrons. The molecular weight excluding hydrogens is 234 g/mol. The second-order valence-corrected chi connectivity index (χ2v) is 3.83. The van der Waals surface area contributed by atoms with Gasteiger partial charge in [-0.25, -0.2) is 0 Å². The maximum Gasteiger partial charge on any atom is 0.159 e. The molecule has 1 aromatic heterocycles. The Bertz CT molecular complexity index is 255. The lowest BCUT2D eigenvalue weighted by molar-refractivity contribution is 0.179. The molecule has 0 aromatic carbocycles. The molecular formula is C8H14BrN3O. The zero-order valence-corrected chi connectivity index (χ0v) is 9.41. The molecule has 1 heterocycles. The lowest BCUT2D eigenvalue weighted by atomic mass is 10.2. The highest BCUT2D eigenvalue weighted by molar-refractivity contribution is 9.10. The number of methoxy groups -OCH3 is 1.